The number of hydrogen-bond acceptors (Lipinski definition) is 0. The lowest BCUT2D eigenvalue weighted by Crippen LogP contribution is -2.13. The van der Waals surface area contributed by atoms with Crippen LogP contribution >= 0.6 is 0 Å². The molecule has 0 aliphatic rings. The first-order valence-electron chi connectivity index (χ1n) is 3.35. The van der Waals surface area contributed by atoms with Crippen molar-refractivity contribution in [2.45, 2.75) is 12.8 Å². The molecular weight excluding hydrogens is 191 g/mol. The van der Waals surface area contributed by atoms with E-state index in [1.807, 2.05) is 0 Å². The van der Waals surface area contributed by atoms with Gasteiger partial charge in [0.15, 0.2) is 0 Å². The maximum absolute atomic E-state index is 12.6. The highest BCUT2D eigenvalue weighted by atomic mass is 19.3. The monoisotopic (exact) mass is 196 g/mol. The predicted molar refractivity (Wildman–Crippen MR) is 35.9 cm³/mol. The molecule has 0 aromatic heterocycles. The fourth-order valence-electron chi connectivity index (χ4n) is 0.962. The molecule has 72 valence electrons. The summed E-state index contributed by atoms with van der Waals surface area (Å²) < 4.78 is 62.6. The highest BCUT2D eigenvalue weighted by molar-refractivity contribution is 5.24. The molecule has 0 amide bonds. The van der Waals surface area contributed by atoms with Gasteiger partial charge in [-0.2, -0.15) is 0 Å². The predicted octanol–water partition coefficient (Wildman–Crippen LogP) is 3.22. The Balaban J connectivity index is 3.38. The summed E-state index contributed by atoms with van der Waals surface area (Å²) in [4.78, 5) is 0. The molecule has 0 saturated heterocycles. The van der Waals surface area contributed by atoms with E-state index in [-0.39, 0.29) is 12.1 Å². The molecule has 13 heavy (non-hydrogen) atoms. The topological polar surface area (TPSA) is 0 Å². The Kier molecular flexibility index (Phi) is 2.28. The van der Waals surface area contributed by atoms with E-state index in [0.717, 1.165) is 0 Å². The van der Waals surface area contributed by atoms with E-state index in [1.54, 1.807) is 0 Å². The van der Waals surface area contributed by atoms with E-state index < -0.39 is 28.9 Å². The first-order chi connectivity index (χ1) is 5.82. The smallest absolute Gasteiger partial charge is 0.207 e. The van der Waals surface area contributed by atoms with E-state index in [9.17, 15) is 22.0 Å². The van der Waals surface area contributed by atoms with Crippen LogP contribution in [0.2, 0.25) is 0 Å². The minimum Gasteiger partial charge on any atom is -0.207 e. The van der Waals surface area contributed by atoms with E-state index in [2.05, 4.69) is 0 Å². The standard InChI is InChI=1S/C8H5F5/c1-8(12,13)7-5(10)2-4(9)3-6(7)11/h2-3H,1H3. The molecule has 0 spiro atoms. The minimum atomic E-state index is -3.65. The average molecular weight is 196 g/mol. The normalized spacial score (nSPS) is 11.8. The molecule has 5 heteroatoms. The zero-order chi connectivity index (χ0) is 10.2. The van der Waals surface area contributed by atoms with Crippen LogP contribution in [0.15, 0.2) is 12.1 Å². The molecule has 0 fully saturated rings. The second kappa shape index (κ2) is 2.97. The summed E-state index contributed by atoms with van der Waals surface area (Å²) in [5, 5.41) is 0. The van der Waals surface area contributed by atoms with Crippen LogP contribution < -0.4 is 0 Å². The summed E-state index contributed by atoms with van der Waals surface area (Å²) in [5.74, 6) is -8.03. The molecule has 0 saturated carbocycles. The third-order valence-corrected chi connectivity index (χ3v) is 1.45. The van der Waals surface area contributed by atoms with Crippen molar-refractivity contribution in [3.63, 3.8) is 0 Å². The van der Waals surface area contributed by atoms with E-state index >= 15 is 0 Å². The molecule has 0 N–H and O–H groups in total. The van der Waals surface area contributed by atoms with E-state index in [1.165, 1.54) is 0 Å². The number of benzene rings is 1. The SMILES string of the molecule is CC(F)(F)c1c(F)cc(F)cc1F. The minimum absolute atomic E-state index is 0.218. The quantitative estimate of drug-likeness (QED) is 0.605. The summed E-state index contributed by atoms with van der Waals surface area (Å²) in [6.45, 7) is 0.340. The molecule has 0 unspecified atom stereocenters. The van der Waals surface area contributed by atoms with Gasteiger partial charge in [0, 0.05) is 19.1 Å². The van der Waals surface area contributed by atoms with Crippen LogP contribution in [-0.2, 0) is 5.92 Å². The highest BCUT2D eigenvalue weighted by Crippen LogP contribution is 2.31. The molecule has 0 heterocycles. The van der Waals surface area contributed by atoms with Gasteiger partial charge < -0.3 is 0 Å². The third-order valence-electron chi connectivity index (χ3n) is 1.45. The van der Waals surface area contributed by atoms with Crippen LogP contribution in [0.5, 0.6) is 0 Å². The zero-order valence-corrected chi connectivity index (χ0v) is 6.54. The van der Waals surface area contributed by atoms with Crippen LogP contribution in [0, 0.1) is 17.5 Å². The van der Waals surface area contributed by atoms with Crippen LogP contribution in [0.1, 0.15) is 12.5 Å². The maximum Gasteiger partial charge on any atom is 0.276 e. The largest absolute Gasteiger partial charge is 0.276 e. The van der Waals surface area contributed by atoms with Crippen molar-refractivity contribution >= 4 is 0 Å². The Labute approximate surface area is 71.0 Å². The van der Waals surface area contributed by atoms with Crippen molar-refractivity contribution < 1.29 is 22.0 Å². The zero-order valence-electron chi connectivity index (χ0n) is 6.54. The second-order valence-corrected chi connectivity index (χ2v) is 2.63. The molecule has 0 atom stereocenters. The lowest BCUT2D eigenvalue weighted by atomic mass is 10.1. The van der Waals surface area contributed by atoms with Crippen LogP contribution in [0.3, 0.4) is 0 Å². The Morgan fingerprint density at radius 2 is 1.38 bits per heavy atom. The lowest BCUT2D eigenvalue weighted by molar-refractivity contribution is 0.00970. The number of hydrogen-bond donors (Lipinski definition) is 0. The van der Waals surface area contributed by atoms with Gasteiger partial charge >= 0.3 is 0 Å². The van der Waals surface area contributed by atoms with Crippen molar-refractivity contribution in [2.75, 3.05) is 0 Å². The fourth-order valence-corrected chi connectivity index (χ4v) is 0.962. The Hall–Kier alpha value is -1.13. The van der Waals surface area contributed by atoms with E-state index in [0.29, 0.717) is 6.92 Å². The molecule has 1 aromatic rings. The van der Waals surface area contributed by atoms with Gasteiger partial charge in [0.25, 0.3) is 5.92 Å². The van der Waals surface area contributed by atoms with Gasteiger partial charge in [0.1, 0.15) is 17.5 Å². The average Bonchev–Trinajstić information content (AvgIpc) is 1.78. The Morgan fingerprint density at radius 1 is 1.00 bits per heavy atom. The molecule has 1 aromatic carbocycles. The van der Waals surface area contributed by atoms with Crippen molar-refractivity contribution in [1.29, 1.82) is 0 Å². The molecule has 0 radical (unpaired) electrons. The van der Waals surface area contributed by atoms with Crippen molar-refractivity contribution in [3.8, 4) is 0 Å². The van der Waals surface area contributed by atoms with Crippen LogP contribution in [0.25, 0.3) is 0 Å². The molecule has 1 rings (SSSR count). The Bertz CT molecular complexity index is 303. The van der Waals surface area contributed by atoms with Crippen molar-refractivity contribution in [2.24, 2.45) is 0 Å². The molecule has 0 aliphatic carbocycles. The summed E-state index contributed by atoms with van der Waals surface area (Å²) in [5.41, 5.74) is -1.41. The maximum atomic E-state index is 12.6. The van der Waals surface area contributed by atoms with Gasteiger partial charge in [-0.1, -0.05) is 0 Å². The molecule has 0 nitrogen and oxygen atoms in total. The number of alkyl halides is 2. The molecular formula is C8H5F5. The van der Waals surface area contributed by atoms with Gasteiger partial charge in [-0.15, -0.1) is 0 Å². The lowest BCUT2D eigenvalue weighted by Gasteiger charge is -2.12. The van der Waals surface area contributed by atoms with Crippen LogP contribution in [-0.4, -0.2) is 0 Å². The van der Waals surface area contributed by atoms with Gasteiger partial charge in [0.2, 0.25) is 0 Å². The van der Waals surface area contributed by atoms with Gasteiger partial charge in [-0.25, -0.2) is 22.0 Å². The third kappa shape index (κ3) is 1.96. The summed E-state index contributed by atoms with van der Waals surface area (Å²) in [7, 11) is 0. The highest BCUT2D eigenvalue weighted by Gasteiger charge is 2.32. The van der Waals surface area contributed by atoms with Gasteiger partial charge in [0.05, 0.1) is 5.56 Å². The molecule has 0 bridgehead atoms. The second-order valence-electron chi connectivity index (χ2n) is 2.63. The fraction of sp³-hybridized carbons (Fsp3) is 0.250. The van der Waals surface area contributed by atoms with E-state index in [4.69, 9.17) is 0 Å². The first kappa shape index (κ1) is 9.95. The Morgan fingerprint density at radius 3 is 1.69 bits per heavy atom. The number of halogens is 5. The van der Waals surface area contributed by atoms with Crippen LogP contribution in [0.4, 0.5) is 22.0 Å². The van der Waals surface area contributed by atoms with Gasteiger partial charge in [-0.3, -0.25) is 0 Å². The summed E-state index contributed by atoms with van der Waals surface area (Å²) >= 11 is 0. The first-order valence-corrected chi connectivity index (χ1v) is 3.35. The summed E-state index contributed by atoms with van der Waals surface area (Å²) in [6, 6.07) is 0.436. The van der Waals surface area contributed by atoms with Crippen molar-refractivity contribution in [3.05, 3.63) is 35.1 Å². The molecule has 0 aliphatic heterocycles. The number of rotatable bonds is 1. The van der Waals surface area contributed by atoms with Crippen molar-refractivity contribution in [1.82, 2.24) is 0 Å². The van der Waals surface area contributed by atoms with Gasteiger partial charge in [-0.05, 0) is 0 Å². The summed E-state index contributed by atoms with van der Waals surface area (Å²) in [6.07, 6.45) is 0.